The van der Waals surface area contributed by atoms with E-state index in [1.165, 1.54) is 18.2 Å². The van der Waals surface area contributed by atoms with Crippen LogP contribution in [0, 0.1) is 0 Å². The lowest BCUT2D eigenvalue weighted by atomic mass is 10.1. The number of aromatic hydroxyl groups is 1. The van der Waals surface area contributed by atoms with Crippen molar-refractivity contribution in [2.45, 2.75) is 13.3 Å². The van der Waals surface area contributed by atoms with Gasteiger partial charge in [-0.3, -0.25) is 4.79 Å². The highest BCUT2D eigenvalue weighted by molar-refractivity contribution is 6.37. The van der Waals surface area contributed by atoms with Crippen molar-refractivity contribution in [1.82, 2.24) is 5.43 Å². The number of carbonyl (C=O) groups excluding carboxylic acids is 1. The van der Waals surface area contributed by atoms with Gasteiger partial charge in [-0.15, -0.1) is 0 Å². The second kappa shape index (κ2) is 7.68. The summed E-state index contributed by atoms with van der Waals surface area (Å²) < 4.78 is 0. The van der Waals surface area contributed by atoms with Crippen molar-refractivity contribution in [2.24, 2.45) is 5.10 Å². The first-order valence-corrected chi connectivity index (χ1v) is 7.86. The molecule has 0 saturated heterocycles. The van der Waals surface area contributed by atoms with E-state index in [0.717, 1.165) is 0 Å². The predicted octanol–water partition coefficient (Wildman–Crippen LogP) is 4.90. The fraction of sp³-hybridized carbons (Fsp3) is 0.125. The van der Waals surface area contributed by atoms with Gasteiger partial charge in [0.15, 0.2) is 0 Å². The largest absolute Gasteiger partial charge is 0.507 e. The van der Waals surface area contributed by atoms with Crippen LogP contribution in [0.1, 0.15) is 29.3 Å². The van der Waals surface area contributed by atoms with Crippen molar-refractivity contribution in [1.29, 1.82) is 0 Å². The fourth-order valence-corrected chi connectivity index (χ4v) is 2.61. The highest BCUT2D eigenvalue weighted by atomic mass is 35.5. The molecule has 0 aromatic heterocycles. The smallest absolute Gasteiger partial charge is 0.275 e. The molecule has 7 heteroatoms. The van der Waals surface area contributed by atoms with Gasteiger partial charge in [0.2, 0.25) is 0 Å². The minimum Gasteiger partial charge on any atom is -0.507 e. The zero-order valence-corrected chi connectivity index (χ0v) is 14.4. The monoisotopic (exact) mass is 370 g/mol. The number of carbonyl (C=O) groups is 1. The Kier molecular flexibility index (Phi) is 5.88. The first kappa shape index (κ1) is 17.6. The van der Waals surface area contributed by atoms with Crippen molar-refractivity contribution >= 4 is 46.4 Å². The third kappa shape index (κ3) is 4.38. The number of hydrazone groups is 1. The van der Waals surface area contributed by atoms with Crippen LogP contribution in [-0.4, -0.2) is 16.7 Å². The van der Waals surface area contributed by atoms with Crippen LogP contribution < -0.4 is 5.43 Å². The number of phenolic OH excluding ortho intramolecular Hbond substituents is 1. The van der Waals surface area contributed by atoms with E-state index in [1.54, 1.807) is 18.2 Å². The van der Waals surface area contributed by atoms with Gasteiger partial charge in [0.25, 0.3) is 5.91 Å². The van der Waals surface area contributed by atoms with Crippen LogP contribution >= 0.6 is 34.8 Å². The Balaban J connectivity index is 2.25. The average molecular weight is 372 g/mol. The van der Waals surface area contributed by atoms with E-state index in [9.17, 15) is 9.90 Å². The molecule has 0 bridgehead atoms. The quantitative estimate of drug-likeness (QED) is 0.593. The zero-order chi connectivity index (χ0) is 17.0. The summed E-state index contributed by atoms with van der Waals surface area (Å²) in [5.74, 6) is -0.745. The van der Waals surface area contributed by atoms with Crippen LogP contribution in [0.3, 0.4) is 0 Å². The molecule has 0 unspecified atom stereocenters. The Morgan fingerprint density at radius 3 is 2.39 bits per heavy atom. The molecule has 0 fully saturated rings. The Labute approximate surface area is 148 Å². The molecular formula is C16H13Cl3N2O2. The molecule has 0 aliphatic heterocycles. The number of halogens is 3. The molecule has 0 aliphatic rings. The first-order valence-electron chi connectivity index (χ1n) is 6.73. The maximum absolute atomic E-state index is 12.1. The SMILES string of the molecule is CC/C(=N\NC(=O)c1cc(Cl)ccc1O)c1ccc(Cl)cc1Cl. The number of phenols is 1. The lowest BCUT2D eigenvalue weighted by Crippen LogP contribution is -2.20. The van der Waals surface area contributed by atoms with Gasteiger partial charge in [-0.1, -0.05) is 47.8 Å². The molecule has 0 heterocycles. The Morgan fingerprint density at radius 1 is 1.09 bits per heavy atom. The van der Waals surface area contributed by atoms with Crippen molar-refractivity contribution < 1.29 is 9.90 Å². The predicted molar refractivity (Wildman–Crippen MR) is 93.9 cm³/mol. The summed E-state index contributed by atoms with van der Waals surface area (Å²) in [7, 11) is 0. The molecule has 0 spiro atoms. The average Bonchev–Trinajstić information content (AvgIpc) is 2.51. The summed E-state index contributed by atoms with van der Waals surface area (Å²) in [6.07, 6.45) is 0.545. The molecule has 0 radical (unpaired) electrons. The van der Waals surface area contributed by atoms with Gasteiger partial charge in [0.1, 0.15) is 5.75 Å². The Hall–Kier alpha value is -1.75. The van der Waals surface area contributed by atoms with Gasteiger partial charge in [-0.05, 0) is 36.8 Å². The molecule has 1 amide bonds. The van der Waals surface area contributed by atoms with Gasteiger partial charge in [0.05, 0.1) is 16.3 Å². The topological polar surface area (TPSA) is 61.7 Å². The molecular weight excluding hydrogens is 359 g/mol. The van der Waals surface area contributed by atoms with E-state index in [1.807, 2.05) is 6.92 Å². The van der Waals surface area contributed by atoms with Crippen LogP contribution in [-0.2, 0) is 0 Å². The summed E-state index contributed by atoms with van der Waals surface area (Å²) in [6, 6.07) is 9.23. The number of rotatable bonds is 4. The van der Waals surface area contributed by atoms with E-state index in [0.29, 0.717) is 32.8 Å². The van der Waals surface area contributed by atoms with Gasteiger partial charge < -0.3 is 5.11 Å². The van der Waals surface area contributed by atoms with Gasteiger partial charge >= 0.3 is 0 Å². The highest BCUT2D eigenvalue weighted by Gasteiger charge is 2.13. The summed E-state index contributed by atoms with van der Waals surface area (Å²) in [4.78, 5) is 12.1. The van der Waals surface area contributed by atoms with Crippen LogP contribution in [0.4, 0.5) is 0 Å². The van der Waals surface area contributed by atoms with Gasteiger partial charge in [-0.25, -0.2) is 5.43 Å². The van der Waals surface area contributed by atoms with Crippen LogP contribution in [0.2, 0.25) is 15.1 Å². The number of amides is 1. The molecule has 2 aromatic rings. The number of nitrogens with one attached hydrogen (secondary N) is 1. The van der Waals surface area contributed by atoms with Crippen molar-refractivity contribution in [2.75, 3.05) is 0 Å². The Morgan fingerprint density at radius 2 is 1.74 bits per heavy atom. The molecule has 2 rings (SSSR count). The summed E-state index contributed by atoms with van der Waals surface area (Å²) in [6.45, 7) is 1.88. The fourth-order valence-electron chi connectivity index (χ4n) is 1.92. The van der Waals surface area contributed by atoms with Crippen LogP contribution in [0.15, 0.2) is 41.5 Å². The molecule has 0 saturated carbocycles. The lowest BCUT2D eigenvalue weighted by Gasteiger charge is -2.08. The zero-order valence-electron chi connectivity index (χ0n) is 12.1. The van der Waals surface area contributed by atoms with Crippen molar-refractivity contribution in [3.63, 3.8) is 0 Å². The maximum atomic E-state index is 12.1. The standard InChI is InChI=1S/C16H13Cl3N2O2/c1-2-14(11-5-3-10(18)8-13(11)19)20-21-16(23)12-7-9(17)4-6-15(12)22/h3-8,22H,2H2,1H3,(H,21,23)/b20-14+. The number of benzene rings is 2. The van der Waals surface area contributed by atoms with E-state index < -0.39 is 5.91 Å². The summed E-state index contributed by atoms with van der Waals surface area (Å²) >= 11 is 17.8. The lowest BCUT2D eigenvalue weighted by molar-refractivity contribution is 0.0952. The van der Waals surface area contributed by atoms with E-state index >= 15 is 0 Å². The first-order chi connectivity index (χ1) is 10.9. The van der Waals surface area contributed by atoms with Crippen molar-refractivity contribution in [3.8, 4) is 5.75 Å². The number of hydrogen-bond acceptors (Lipinski definition) is 3. The molecule has 23 heavy (non-hydrogen) atoms. The van der Waals surface area contributed by atoms with E-state index in [4.69, 9.17) is 34.8 Å². The van der Waals surface area contributed by atoms with Crippen molar-refractivity contribution in [3.05, 3.63) is 62.6 Å². The number of nitrogens with zero attached hydrogens (tertiary/aromatic N) is 1. The Bertz CT molecular complexity index is 776. The normalized spacial score (nSPS) is 11.4. The highest BCUT2D eigenvalue weighted by Crippen LogP contribution is 2.23. The van der Waals surface area contributed by atoms with E-state index in [-0.39, 0.29) is 11.3 Å². The third-order valence-corrected chi connectivity index (χ3v) is 3.86. The molecule has 4 nitrogen and oxygen atoms in total. The summed E-state index contributed by atoms with van der Waals surface area (Å²) in [5.41, 5.74) is 3.70. The molecule has 2 aromatic carbocycles. The molecule has 2 N–H and O–H groups in total. The molecule has 120 valence electrons. The van der Waals surface area contributed by atoms with Gasteiger partial charge in [0, 0.05) is 15.6 Å². The second-order valence-electron chi connectivity index (χ2n) is 4.64. The second-order valence-corrected chi connectivity index (χ2v) is 5.92. The maximum Gasteiger partial charge on any atom is 0.275 e. The van der Waals surface area contributed by atoms with E-state index in [2.05, 4.69) is 10.5 Å². The van der Waals surface area contributed by atoms with Crippen LogP contribution in [0.5, 0.6) is 5.75 Å². The minimum absolute atomic E-state index is 0.0407. The van der Waals surface area contributed by atoms with Gasteiger partial charge in [-0.2, -0.15) is 5.10 Å². The summed E-state index contributed by atoms with van der Waals surface area (Å²) in [5, 5.41) is 15.1. The molecule has 0 aliphatic carbocycles. The van der Waals surface area contributed by atoms with Crippen LogP contribution in [0.25, 0.3) is 0 Å². The number of hydrogen-bond donors (Lipinski definition) is 2. The molecule has 0 atom stereocenters. The third-order valence-electron chi connectivity index (χ3n) is 3.07. The minimum atomic E-state index is -0.568.